The van der Waals surface area contributed by atoms with E-state index in [1.165, 1.54) is 0 Å². The fourth-order valence-electron chi connectivity index (χ4n) is 2.92. The summed E-state index contributed by atoms with van der Waals surface area (Å²) in [6.45, 7) is 3.09. The van der Waals surface area contributed by atoms with Gasteiger partial charge in [0, 0.05) is 18.5 Å². The van der Waals surface area contributed by atoms with Crippen LogP contribution in [0.3, 0.4) is 0 Å². The molecule has 7 nitrogen and oxygen atoms in total. The number of carboxylic acid groups (broad SMARTS) is 1. The van der Waals surface area contributed by atoms with E-state index in [0.29, 0.717) is 25.1 Å². The number of para-hydroxylation sites is 1. The number of aromatic nitrogens is 2. The number of benzene rings is 1. The van der Waals surface area contributed by atoms with E-state index in [1.807, 2.05) is 37.3 Å². The van der Waals surface area contributed by atoms with E-state index in [-0.39, 0.29) is 12.2 Å². The van der Waals surface area contributed by atoms with Crippen molar-refractivity contribution in [3.8, 4) is 5.69 Å². The Balaban J connectivity index is 1.87. The Morgan fingerprint density at radius 1 is 1.28 bits per heavy atom. The predicted molar refractivity (Wildman–Crippen MR) is 90.9 cm³/mol. The molecule has 0 spiro atoms. The van der Waals surface area contributed by atoms with Crippen LogP contribution in [0.25, 0.3) is 5.69 Å². The summed E-state index contributed by atoms with van der Waals surface area (Å²) >= 11 is 0. The Hall–Kier alpha value is -2.83. The molecule has 0 fully saturated rings. The first kappa shape index (κ1) is 17.0. The summed E-state index contributed by atoms with van der Waals surface area (Å²) in [6.07, 6.45) is 1.90. The number of aromatic carboxylic acids is 1. The number of ether oxygens (including phenoxy) is 1. The molecule has 1 aromatic heterocycles. The van der Waals surface area contributed by atoms with Crippen LogP contribution in [0.1, 0.15) is 41.5 Å². The third kappa shape index (κ3) is 3.50. The number of nitrogens with zero attached hydrogens (tertiary/aromatic N) is 3. The van der Waals surface area contributed by atoms with E-state index in [0.717, 1.165) is 24.2 Å². The minimum atomic E-state index is -1.09. The van der Waals surface area contributed by atoms with Crippen molar-refractivity contribution in [1.82, 2.24) is 14.7 Å². The van der Waals surface area contributed by atoms with Gasteiger partial charge in [0.15, 0.2) is 5.69 Å². The van der Waals surface area contributed by atoms with Crippen LogP contribution in [0.2, 0.25) is 0 Å². The number of rotatable bonds is 5. The van der Waals surface area contributed by atoms with E-state index < -0.39 is 12.1 Å². The summed E-state index contributed by atoms with van der Waals surface area (Å²) in [5.41, 5.74) is 2.21. The van der Waals surface area contributed by atoms with Gasteiger partial charge in [-0.2, -0.15) is 5.10 Å². The molecule has 3 rings (SSSR count). The van der Waals surface area contributed by atoms with Crippen LogP contribution in [-0.4, -0.2) is 45.0 Å². The lowest BCUT2D eigenvalue weighted by Gasteiger charge is -2.27. The molecule has 0 radical (unpaired) electrons. The summed E-state index contributed by atoms with van der Waals surface area (Å²) in [6, 6.07) is 9.41. The molecule has 1 aromatic carbocycles. The quantitative estimate of drug-likeness (QED) is 0.844. The molecule has 25 heavy (non-hydrogen) atoms. The third-order valence-corrected chi connectivity index (χ3v) is 4.24. The average molecular weight is 343 g/mol. The monoisotopic (exact) mass is 343 g/mol. The van der Waals surface area contributed by atoms with Crippen LogP contribution in [-0.2, 0) is 17.7 Å². The second kappa shape index (κ2) is 7.38. The van der Waals surface area contributed by atoms with Crippen LogP contribution in [0.15, 0.2) is 30.3 Å². The zero-order chi connectivity index (χ0) is 17.8. The fourth-order valence-corrected chi connectivity index (χ4v) is 2.92. The molecular weight excluding hydrogens is 322 g/mol. The number of hydrogen-bond acceptors (Lipinski definition) is 4. The van der Waals surface area contributed by atoms with E-state index in [4.69, 9.17) is 4.74 Å². The summed E-state index contributed by atoms with van der Waals surface area (Å²) in [5, 5.41) is 13.8. The van der Waals surface area contributed by atoms with Gasteiger partial charge in [-0.15, -0.1) is 0 Å². The van der Waals surface area contributed by atoms with Crippen molar-refractivity contribution < 1.29 is 19.4 Å². The van der Waals surface area contributed by atoms with Gasteiger partial charge in [-0.1, -0.05) is 31.5 Å². The fraction of sp³-hybridized carbons (Fsp3) is 0.389. The number of unbranched alkanes of at least 4 members (excludes halogenated alkanes) is 1. The maximum Gasteiger partial charge on any atom is 0.410 e. The average Bonchev–Trinajstić information content (AvgIpc) is 3.01. The number of carbonyl (C=O) groups excluding carboxylic acids is 1. The van der Waals surface area contributed by atoms with Gasteiger partial charge in [-0.3, -0.25) is 0 Å². The van der Waals surface area contributed by atoms with Gasteiger partial charge in [-0.05, 0) is 18.6 Å². The highest BCUT2D eigenvalue weighted by Gasteiger charge is 2.31. The van der Waals surface area contributed by atoms with Crippen LogP contribution >= 0.6 is 0 Å². The van der Waals surface area contributed by atoms with Gasteiger partial charge in [-0.25, -0.2) is 14.3 Å². The number of amides is 1. The molecule has 2 heterocycles. The van der Waals surface area contributed by atoms with Gasteiger partial charge in [0.25, 0.3) is 0 Å². The normalized spacial score (nSPS) is 13.4. The van der Waals surface area contributed by atoms with Crippen molar-refractivity contribution in [1.29, 1.82) is 0 Å². The lowest BCUT2D eigenvalue weighted by atomic mass is 10.1. The Labute approximate surface area is 145 Å². The van der Waals surface area contributed by atoms with Crippen molar-refractivity contribution in [2.45, 2.75) is 32.7 Å². The summed E-state index contributed by atoms with van der Waals surface area (Å²) in [7, 11) is 0. The number of carboxylic acids is 1. The van der Waals surface area contributed by atoms with Crippen molar-refractivity contribution >= 4 is 12.1 Å². The molecule has 0 aliphatic carbocycles. The summed E-state index contributed by atoms with van der Waals surface area (Å²) in [4.78, 5) is 25.3. The third-order valence-electron chi connectivity index (χ3n) is 4.24. The van der Waals surface area contributed by atoms with Crippen molar-refractivity contribution in [2.24, 2.45) is 0 Å². The SMILES string of the molecule is CCCCOC(=O)N1CCc2c(c(C(=O)O)nn2-c2ccccc2)C1. The van der Waals surface area contributed by atoms with Crippen LogP contribution in [0.5, 0.6) is 0 Å². The van der Waals surface area contributed by atoms with Crippen LogP contribution < -0.4 is 0 Å². The highest BCUT2D eigenvalue weighted by atomic mass is 16.6. The van der Waals surface area contributed by atoms with Gasteiger partial charge in [0.2, 0.25) is 0 Å². The topological polar surface area (TPSA) is 84.7 Å². The van der Waals surface area contributed by atoms with E-state index in [1.54, 1.807) is 9.58 Å². The highest BCUT2D eigenvalue weighted by molar-refractivity contribution is 5.88. The van der Waals surface area contributed by atoms with Crippen molar-refractivity contribution in [3.05, 3.63) is 47.3 Å². The molecular formula is C18H21N3O4. The predicted octanol–water partition coefficient (Wildman–Crippen LogP) is 2.87. The smallest absolute Gasteiger partial charge is 0.410 e. The Bertz CT molecular complexity index is 770. The second-order valence-corrected chi connectivity index (χ2v) is 5.97. The van der Waals surface area contributed by atoms with E-state index in [2.05, 4.69) is 5.10 Å². The molecule has 0 saturated carbocycles. The van der Waals surface area contributed by atoms with Crippen LogP contribution in [0.4, 0.5) is 4.79 Å². The van der Waals surface area contributed by atoms with Crippen LogP contribution in [0, 0.1) is 0 Å². The molecule has 0 unspecified atom stereocenters. The highest BCUT2D eigenvalue weighted by Crippen LogP contribution is 2.26. The Morgan fingerprint density at radius 3 is 2.72 bits per heavy atom. The molecule has 0 bridgehead atoms. The van der Waals surface area contributed by atoms with Gasteiger partial charge in [0.1, 0.15) is 0 Å². The lowest BCUT2D eigenvalue weighted by molar-refractivity contribution is 0.0683. The van der Waals surface area contributed by atoms with Crippen molar-refractivity contribution in [2.75, 3.05) is 13.2 Å². The standard InChI is InChI=1S/C18H21N3O4/c1-2-3-11-25-18(24)20-10-9-15-14(12-20)16(17(22)23)19-21(15)13-7-5-4-6-8-13/h4-8H,2-3,9-12H2,1H3,(H,22,23). The Kier molecular flexibility index (Phi) is 5.02. The molecule has 1 amide bonds. The zero-order valence-electron chi connectivity index (χ0n) is 14.1. The maximum absolute atomic E-state index is 12.2. The zero-order valence-corrected chi connectivity index (χ0v) is 14.1. The molecule has 0 atom stereocenters. The number of fused-ring (bicyclic) bond motifs is 1. The molecule has 7 heteroatoms. The lowest BCUT2D eigenvalue weighted by Crippen LogP contribution is -2.37. The minimum absolute atomic E-state index is 0.00934. The van der Waals surface area contributed by atoms with Crippen molar-refractivity contribution in [3.63, 3.8) is 0 Å². The van der Waals surface area contributed by atoms with Gasteiger partial charge >= 0.3 is 12.1 Å². The van der Waals surface area contributed by atoms with E-state index >= 15 is 0 Å². The molecule has 1 aliphatic heterocycles. The first-order valence-electron chi connectivity index (χ1n) is 8.43. The summed E-state index contributed by atoms with van der Waals surface area (Å²) < 4.78 is 6.91. The Morgan fingerprint density at radius 2 is 2.04 bits per heavy atom. The largest absolute Gasteiger partial charge is 0.476 e. The number of carbonyl (C=O) groups is 2. The molecule has 0 saturated heterocycles. The minimum Gasteiger partial charge on any atom is -0.476 e. The van der Waals surface area contributed by atoms with Gasteiger partial charge < -0.3 is 14.7 Å². The molecule has 2 aromatic rings. The molecule has 1 aliphatic rings. The summed E-state index contributed by atoms with van der Waals surface area (Å²) in [5.74, 6) is -1.09. The first-order valence-corrected chi connectivity index (χ1v) is 8.43. The van der Waals surface area contributed by atoms with E-state index in [9.17, 15) is 14.7 Å². The number of hydrogen-bond donors (Lipinski definition) is 1. The molecule has 132 valence electrons. The maximum atomic E-state index is 12.2. The second-order valence-electron chi connectivity index (χ2n) is 5.97. The molecule has 1 N–H and O–H groups in total. The van der Waals surface area contributed by atoms with Gasteiger partial charge in [0.05, 0.1) is 24.5 Å². The first-order chi connectivity index (χ1) is 12.1.